The number of carbonyl (C=O) groups excluding carboxylic acids is 1. The highest BCUT2D eigenvalue weighted by Crippen LogP contribution is 2.27. The van der Waals surface area contributed by atoms with Crippen molar-refractivity contribution >= 4 is 11.7 Å². The normalized spacial score (nSPS) is 15.7. The molecule has 108 valence electrons. The maximum absolute atomic E-state index is 12.2. The van der Waals surface area contributed by atoms with Crippen LogP contribution in [0.15, 0.2) is 54.9 Å². The summed E-state index contributed by atoms with van der Waals surface area (Å²) in [7, 11) is 0. The van der Waals surface area contributed by atoms with Crippen molar-refractivity contribution in [2.24, 2.45) is 0 Å². The zero-order chi connectivity index (χ0) is 14.5. The molecule has 0 aliphatic carbocycles. The zero-order valence-electron chi connectivity index (χ0n) is 11.9. The summed E-state index contributed by atoms with van der Waals surface area (Å²) in [4.78, 5) is 18.1. The third kappa shape index (κ3) is 3.40. The van der Waals surface area contributed by atoms with Crippen molar-refractivity contribution in [2.45, 2.75) is 18.8 Å². The van der Waals surface area contributed by atoms with Crippen LogP contribution in [0.2, 0.25) is 0 Å². The van der Waals surface area contributed by atoms with Gasteiger partial charge in [-0.25, -0.2) is 4.79 Å². The highest BCUT2D eigenvalue weighted by atomic mass is 16.2. The quantitative estimate of drug-likeness (QED) is 0.915. The van der Waals surface area contributed by atoms with E-state index in [1.165, 1.54) is 5.56 Å². The van der Waals surface area contributed by atoms with E-state index in [9.17, 15) is 4.79 Å². The van der Waals surface area contributed by atoms with Crippen LogP contribution in [0, 0.1) is 0 Å². The van der Waals surface area contributed by atoms with Gasteiger partial charge < -0.3 is 10.2 Å². The Labute approximate surface area is 124 Å². The lowest BCUT2D eigenvalue weighted by Crippen LogP contribution is -2.40. The number of aromatic nitrogens is 1. The lowest BCUT2D eigenvalue weighted by molar-refractivity contribution is 0.194. The van der Waals surface area contributed by atoms with Crippen LogP contribution < -0.4 is 5.32 Å². The van der Waals surface area contributed by atoms with Crippen LogP contribution in [0.4, 0.5) is 10.5 Å². The third-order valence-electron chi connectivity index (χ3n) is 3.97. The molecule has 1 saturated heterocycles. The molecule has 2 aromatic rings. The van der Waals surface area contributed by atoms with E-state index in [0.717, 1.165) is 31.6 Å². The van der Waals surface area contributed by atoms with Gasteiger partial charge in [0.25, 0.3) is 0 Å². The summed E-state index contributed by atoms with van der Waals surface area (Å²) in [5, 5.41) is 2.89. The van der Waals surface area contributed by atoms with E-state index in [2.05, 4.69) is 34.6 Å². The van der Waals surface area contributed by atoms with Crippen molar-refractivity contribution in [1.29, 1.82) is 0 Å². The summed E-state index contributed by atoms with van der Waals surface area (Å²) in [5.74, 6) is 0.564. The molecule has 0 radical (unpaired) electrons. The number of likely N-dealkylation sites (tertiary alicyclic amines) is 1. The Morgan fingerprint density at radius 3 is 2.52 bits per heavy atom. The first-order valence-corrected chi connectivity index (χ1v) is 7.34. The van der Waals surface area contributed by atoms with Gasteiger partial charge in [-0.1, -0.05) is 30.3 Å². The van der Waals surface area contributed by atoms with Gasteiger partial charge in [-0.15, -0.1) is 0 Å². The number of rotatable bonds is 2. The number of urea groups is 1. The molecule has 4 heteroatoms. The Kier molecular flexibility index (Phi) is 4.15. The highest BCUT2D eigenvalue weighted by molar-refractivity contribution is 5.89. The van der Waals surface area contributed by atoms with Crippen LogP contribution in [0.5, 0.6) is 0 Å². The van der Waals surface area contributed by atoms with E-state index in [1.54, 1.807) is 12.4 Å². The number of hydrogen-bond acceptors (Lipinski definition) is 2. The van der Waals surface area contributed by atoms with Crippen LogP contribution in [0.1, 0.15) is 24.3 Å². The van der Waals surface area contributed by atoms with Crippen LogP contribution in [0.3, 0.4) is 0 Å². The lowest BCUT2D eigenvalue weighted by atomic mass is 9.90. The fraction of sp³-hybridized carbons (Fsp3) is 0.294. The molecule has 2 heterocycles. The first-order valence-electron chi connectivity index (χ1n) is 7.34. The van der Waals surface area contributed by atoms with E-state index < -0.39 is 0 Å². The van der Waals surface area contributed by atoms with Gasteiger partial charge in [0.2, 0.25) is 0 Å². The molecule has 2 amide bonds. The molecular weight excluding hydrogens is 262 g/mol. The molecule has 1 fully saturated rings. The number of nitrogens with one attached hydrogen (secondary N) is 1. The smallest absolute Gasteiger partial charge is 0.321 e. The number of benzene rings is 1. The van der Waals surface area contributed by atoms with Gasteiger partial charge in [-0.3, -0.25) is 4.98 Å². The van der Waals surface area contributed by atoms with Gasteiger partial charge in [0.05, 0.1) is 11.9 Å². The van der Waals surface area contributed by atoms with Gasteiger partial charge in [-0.2, -0.15) is 0 Å². The molecule has 0 unspecified atom stereocenters. The van der Waals surface area contributed by atoms with Crippen molar-refractivity contribution in [3.05, 3.63) is 60.4 Å². The maximum atomic E-state index is 12.2. The first-order chi connectivity index (χ1) is 10.3. The molecule has 0 bridgehead atoms. The van der Waals surface area contributed by atoms with Crippen molar-refractivity contribution in [3.8, 4) is 0 Å². The molecule has 1 aromatic heterocycles. The Morgan fingerprint density at radius 1 is 1.10 bits per heavy atom. The number of pyridine rings is 1. The molecular formula is C17H19N3O. The minimum Gasteiger partial charge on any atom is -0.324 e. The van der Waals surface area contributed by atoms with E-state index in [-0.39, 0.29) is 6.03 Å². The largest absolute Gasteiger partial charge is 0.324 e. The van der Waals surface area contributed by atoms with Crippen LogP contribution in [-0.4, -0.2) is 29.0 Å². The fourth-order valence-electron chi connectivity index (χ4n) is 2.78. The highest BCUT2D eigenvalue weighted by Gasteiger charge is 2.23. The molecule has 1 aromatic carbocycles. The second-order valence-corrected chi connectivity index (χ2v) is 5.34. The van der Waals surface area contributed by atoms with Crippen molar-refractivity contribution in [1.82, 2.24) is 9.88 Å². The molecule has 1 aliphatic heterocycles. The predicted octanol–water partition coefficient (Wildman–Crippen LogP) is 3.49. The summed E-state index contributed by atoms with van der Waals surface area (Å²) in [5.41, 5.74) is 2.12. The van der Waals surface area contributed by atoms with Gasteiger partial charge in [-0.05, 0) is 36.5 Å². The average Bonchev–Trinajstić information content (AvgIpc) is 2.57. The van der Waals surface area contributed by atoms with Gasteiger partial charge in [0.15, 0.2) is 0 Å². The van der Waals surface area contributed by atoms with Gasteiger partial charge in [0, 0.05) is 19.3 Å². The molecule has 4 nitrogen and oxygen atoms in total. The monoisotopic (exact) mass is 281 g/mol. The standard InChI is InChI=1S/C17H19N3O/c21-17(19-16-7-4-10-18-13-16)20-11-8-15(9-12-20)14-5-2-1-3-6-14/h1-7,10,13,15H,8-9,11-12H2,(H,19,21). The average molecular weight is 281 g/mol. The number of nitrogens with zero attached hydrogens (tertiary/aromatic N) is 2. The number of anilines is 1. The summed E-state index contributed by atoms with van der Waals surface area (Å²) in [6, 6.07) is 14.2. The van der Waals surface area contributed by atoms with E-state index in [0.29, 0.717) is 5.92 Å². The molecule has 21 heavy (non-hydrogen) atoms. The molecule has 0 atom stereocenters. The fourth-order valence-corrected chi connectivity index (χ4v) is 2.78. The second-order valence-electron chi connectivity index (χ2n) is 5.34. The zero-order valence-corrected chi connectivity index (χ0v) is 11.9. The topological polar surface area (TPSA) is 45.2 Å². The van der Waals surface area contributed by atoms with Crippen LogP contribution in [0.25, 0.3) is 0 Å². The SMILES string of the molecule is O=C(Nc1cccnc1)N1CCC(c2ccccc2)CC1. The van der Waals surface area contributed by atoms with Crippen molar-refractivity contribution in [3.63, 3.8) is 0 Å². The lowest BCUT2D eigenvalue weighted by Gasteiger charge is -2.32. The Balaban J connectivity index is 1.55. The van der Waals surface area contributed by atoms with Crippen LogP contribution in [-0.2, 0) is 0 Å². The summed E-state index contributed by atoms with van der Waals surface area (Å²) in [6.45, 7) is 1.59. The van der Waals surface area contributed by atoms with Crippen LogP contribution >= 0.6 is 0 Å². The molecule has 1 N–H and O–H groups in total. The second kappa shape index (κ2) is 6.39. The van der Waals surface area contributed by atoms with E-state index in [4.69, 9.17) is 0 Å². The number of carbonyl (C=O) groups is 1. The molecule has 0 spiro atoms. The molecule has 3 rings (SSSR count). The Morgan fingerprint density at radius 2 is 1.86 bits per heavy atom. The number of amides is 2. The minimum atomic E-state index is -0.0329. The Hall–Kier alpha value is -2.36. The number of hydrogen-bond donors (Lipinski definition) is 1. The maximum Gasteiger partial charge on any atom is 0.321 e. The van der Waals surface area contributed by atoms with E-state index >= 15 is 0 Å². The summed E-state index contributed by atoms with van der Waals surface area (Å²) in [6.07, 6.45) is 5.39. The third-order valence-corrected chi connectivity index (χ3v) is 3.97. The van der Waals surface area contributed by atoms with Crippen molar-refractivity contribution < 1.29 is 4.79 Å². The van der Waals surface area contributed by atoms with E-state index in [1.807, 2.05) is 23.1 Å². The molecule has 1 aliphatic rings. The summed E-state index contributed by atoms with van der Waals surface area (Å²) >= 11 is 0. The minimum absolute atomic E-state index is 0.0329. The predicted molar refractivity (Wildman–Crippen MR) is 83.2 cm³/mol. The molecule has 0 saturated carbocycles. The first kappa shape index (κ1) is 13.6. The number of piperidine rings is 1. The Bertz CT molecular complexity index is 577. The van der Waals surface area contributed by atoms with Crippen molar-refractivity contribution in [2.75, 3.05) is 18.4 Å². The van der Waals surface area contributed by atoms with Gasteiger partial charge in [0.1, 0.15) is 0 Å². The van der Waals surface area contributed by atoms with Gasteiger partial charge >= 0.3 is 6.03 Å². The summed E-state index contributed by atoms with van der Waals surface area (Å²) < 4.78 is 0.